The van der Waals surface area contributed by atoms with Crippen molar-refractivity contribution < 1.29 is 137 Å². The Bertz CT molecular complexity index is 3990. The van der Waals surface area contributed by atoms with Crippen molar-refractivity contribution in [2.24, 2.45) is 0 Å². The van der Waals surface area contributed by atoms with Gasteiger partial charge in [0.25, 0.3) is 0 Å². The van der Waals surface area contributed by atoms with Gasteiger partial charge in [-0.25, -0.2) is 0 Å². The molecule has 14 rings (SSSR count). The zero-order valence-corrected chi connectivity index (χ0v) is 57.5. The van der Waals surface area contributed by atoms with E-state index in [4.69, 9.17) is 47.4 Å². The summed E-state index contributed by atoms with van der Waals surface area (Å²) in [6, 6.07) is 5.34. The molecule has 28 nitrogen and oxygen atoms in total. The third kappa shape index (κ3) is 12.6. The van der Waals surface area contributed by atoms with Crippen LogP contribution in [-0.2, 0) is 66.5 Å². The number of carbonyl (C=O) groups is 8. The van der Waals surface area contributed by atoms with E-state index in [0.717, 1.165) is 24.3 Å². The maximum Gasteiger partial charge on any atom is 0.198 e. The fourth-order valence-electron chi connectivity index (χ4n) is 16.8. The van der Waals surface area contributed by atoms with Gasteiger partial charge in [0.2, 0.25) is 0 Å². The quantitative estimate of drug-likeness (QED) is 0.163. The maximum atomic E-state index is 13.9. The Hall–Kier alpha value is -6.62. The van der Waals surface area contributed by atoms with Gasteiger partial charge in [-0.3, -0.25) is 38.4 Å². The Morgan fingerprint density at radius 1 is 0.471 bits per heavy atom. The summed E-state index contributed by atoms with van der Waals surface area (Å²) in [5.41, 5.74) is -16.4. The van der Waals surface area contributed by atoms with E-state index in [1.807, 2.05) is 13.8 Å². The van der Waals surface area contributed by atoms with Crippen molar-refractivity contribution in [1.82, 2.24) is 0 Å². The number of benzene rings is 2. The number of phenols is 2. The Balaban J connectivity index is 0.000000182. The van der Waals surface area contributed by atoms with Gasteiger partial charge in [0.05, 0.1) is 94.5 Å². The summed E-state index contributed by atoms with van der Waals surface area (Å²) in [5.74, 6) is -6.73. The first-order valence-electron chi connectivity index (χ1n) is 34.7. The minimum atomic E-state index is -2.78. The average molecular weight is 1420 g/mol. The number of fused-ring (bicyclic) bond motifs is 6. The fraction of sp³-hybridized carbons (Fsp3) is 0.595. The van der Waals surface area contributed by atoms with Gasteiger partial charge in [-0.15, -0.1) is 0 Å². The molecule has 12 aliphatic rings. The molecule has 7 fully saturated rings. The lowest BCUT2D eigenvalue weighted by molar-refractivity contribution is -0.298. The molecule has 2 aromatic carbocycles. The molecule has 0 amide bonds. The molecule has 24 unspecified atom stereocenters. The van der Waals surface area contributed by atoms with Crippen molar-refractivity contribution in [2.75, 3.05) is 0 Å². The number of carbonyl (C=O) groups excluding carboxylic acids is 8. The predicted octanol–water partition coefficient (Wildman–Crippen LogP) is 3.40. The maximum absolute atomic E-state index is 13.9. The van der Waals surface area contributed by atoms with E-state index in [1.165, 1.54) is 44.2 Å². The summed E-state index contributed by atoms with van der Waals surface area (Å²) in [4.78, 5) is 105. The molecule has 6 aliphatic heterocycles. The van der Waals surface area contributed by atoms with Crippen LogP contribution in [0.5, 0.6) is 11.5 Å². The molecule has 0 bridgehead atoms. The zero-order chi connectivity index (χ0) is 73.6. The SMILES string of the molecule is CC1OC(OC2CCC(OC3C(O)CC(c4ccc5c(c4O)C(=O)C4=C(C5=O)C5(O)C(=O)CC(C)(O)CC5(O)C=C4)OC3C)OC2C)C=CC1=O.CC1OC(OC2CCC(OC3C(O)CC(c4ccc5c(c4O)C(=O)C4=C(C5=O)C5(O)C(=O)CC(C)(O)CC5(O)C=C4)OC3C)OC2C)CCC1=O. The predicted molar refractivity (Wildman–Crippen MR) is 347 cm³/mol. The normalized spacial score (nSPS) is 42.6. The van der Waals surface area contributed by atoms with Crippen LogP contribution in [0.1, 0.15) is 197 Å². The van der Waals surface area contributed by atoms with Crippen LogP contribution in [0.15, 0.2) is 83.0 Å². The number of ketones is 8. The van der Waals surface area contributed by atoms with Crippen molar-refractivity contribution in [3.05, 3.63) is 116 Å². The van der Waals surface area contributed by atoms with Crippen molar-refractivity contribution in [2.45, 2.75) is 277 Å². The van der Waals surface area contributed by atoms with E-state index < -0.39 is 203 Å². The molecule has 0 radical (unpaired) electrons. The number of aliphatic hydroxyl groups is 8. The number of allylic oxidation sites excluding steroid dienone is 4. The highest BCUT2D eigenvalue weighted by atomic mass is 16.7. The number of aliphatic hydroxyl groups excluding tert-OH is 2. The molecule has 28 heteroatoms. The van der Waals surface area contributed by atoms with Gasteiger partial charge in [-0.05, 0) is 105 Å². The first kappa shape index (κ1) is 73.7. The largest absolute Gasteiger partial charge is 0.507 e. The van der Waals surface area contributed by atoms with E-state index >= 15 is 0 Å². The van der Waals surface area contributed by atoms with Crippen LogP contribution in [0.3, 0.4) is 0 Å². The van der Waals surface area contributed by atoms with E-state index in [9.17, 15) is 89.4 Å². The molecule has 2 saturated carbocycles. The van der Waals surface area contributed by atoms with Gasteiger partial charge in [-0.1, -0.05) is 24.3 Å². The van der Waals surface area contributed by atoms with Crippen LogP contribution in [-0.4, -0.2) is 229 Å². The van der Waals surface area contributed by atoms with Crippen molar-refractivity contribution in [3.63, 3.8) is 0 Å². The molecular formula is C74H86O28. The second-order valence-corrected chi connectivity index (χ2v) is 29.9. The Morgan fingerprint density at radius 3 is 1.31 bits per heavy atom. The molecule has 24 atom stereocenters. The van der Waals surface area contributed by atoms with Crippen LogP contribution in [0.4, 0.5) is 0 Å². The topological polar surface area (TPSA) is 431 Å². The van der Waals surface area contributed by atoms with Gasteiger partial charge in [0.15, 0.2) is 82.6 Å². The second kappa shape index (κ2) is 26.8. The number of hydrogen-bond acceptors (Lipinski definition) is 28. The summed E-state index contributed by atoms with van der Waals surface area (Å²) < 4.78 is 60.3. The highest BCUT2D eigenvalue weighted by molar-refractivity contribution is 6.33. The molecule has 2 aromatic rings. The molecule has 6 heterocycles. The second-order valence-electron chi connectivity index (χ2n) is 29.9. The lowest BCUT2D eigenvalue weighted by Crippen LogP contribution is -2.69. The Morgan fingerprint density at radius 2 is 0.902 bits per heavy atom. The van der Waals surface area contributed by atoms with E-state index in [-0.39, 0.29) is 93.4 Å². The van der Waals surface area contributed by atoms with Gasteiger partial charge < -0.3 is 98.4 Å². The third-order valence-corrected chi connectivity index (χ3v) is 22.1. The highest BCUT2D eigenvalue weighted by Gasteiger charge is 2.68. The third-order valence-electron chi connectivity index (χ3n) is 22.1. The minimum Gasteiger partial charge on any atom is -0.507 e. The lowest BCUT2D eigenvalue weighted by Gasteiger charge is -2.51. The zero-order valence-electron chi connectivity index (χ0n) is 57.5. The molecule has 0 spiro atoms. The molecule has 6 aliphatic carbocycles. The minimum absolute atomic E-state index is 0.0253. The number of aromatic hydroxyl groups is 2. The number of hydrogen-bond donors (Lipinski definition) is 10. The molecule has 0 aromatic heterocycles. The van der Waals surface area contributed by atoms with E-state index in [1.54, 1.807) is 33.8 Å². The molecule has 5 saturated heterocycles. The van der Waals surface area contributed by atoms with E-state index in [2.05, 4.69) is 0 Å². The number of Topliss-reactive ketones (excluding diaryl/α,β-unsaturated/α-hetero) is 7. The van der Waals surface area contributed by atoms with Crippen molar-refractivity contribution in [1.29, 1.82) is 0 Å². The lowest BCUT2D eigenvalue weighted by atomic mass is 9.57. The van der Waals surface area contributed by atoms with Crippen molar-refractivity contribution >= 4 is 46.3 Å². The summed E-state index contributed by atoms with van der Waals surface area (Å²) in [5, 5.41) is 112. The monoisotopic (exact) mass is 1420 g/mol. The van der Waals surface area contributed by atoms with Gasteiger partial charge in [0.1, 0.15) is 47.1 Å². The summed E-state index contributed by atoms with van der Waals surface area (Å²) >= 11 is 0. The summed E-state index contributed by atoms with van der Waals surface area (Å²) in [6.07, 6.45) is -3.63. The number of phenolic OH excluding ortho intramolecular Hbond substituents is 2. The first-order valence-corrected chi connectivity index (χ1v) is 34.7. The summed E-state index contributed by atoms with van der Waals surface area (Å²) in [7, 11) is 0. The standard InChI is InChI=1S/C37H44O14.C37H42O14/c2*1-16-22(38)7-9-27(48-16)50-24-8-10-28(49-17(24)2)51-34-18(3)47-25(13-23(34)39)19-5-6-20-29(31(19)41)32(42)21-11-12-36(45)15-35(4,44)14-26(40)37(36,46)30(21)33(20)43/h5-6,11-12,16-18,23-25,27-28,34,39,41,44-46H,7-10,13-15H2,1-4H3;5-7,9,11-12,16-18,23-25,27-28,34,39,41,44-46H,8,10,13-15H2,1-4H3. The molecule has 102 heavy (non-hydrogen) atoms. The fourth-order valence-corrected chi connectivity index (χ4v) is 16.8. The number of rotatable bonds is 10. The van der Waals surface area contributed by atoms with Gasteiger partial charge in [-0.2, -0.15) is 0 Å². The van der Waals surface area contributed by atoms with Crippen LogP contribution < -0.4 is 0 Å². The number of ether oxygens (including phenoxy) is 10. The van der Waals surface area contributed by atoms with Crippen LogP contribution in [0.25, 0.3) is 0 Å². The smallest absolute Gasteiger partial charge is 0.198 e. The van der Waals surface area contributed by atoms with Crippen molar-refractivity contribution in [3.8, 4) is 11.5 Å². The van der Waals surface area contributed by atoms with Crippen LogP contribution >= 0.6 is 0 Å². The Kier molecular flexibility index (Phi) is 19.3. The van der Waals surface area contributed by atoms with Gasteiger partial charge in [0, 0.05) is 97.6 Å². The first-order chi connectivity index (χ1) is 47.9. The van der Waals surface area contributed by atoms with E-state index in [0.29, 0.717) is 38.5 Å². The van der Waals surface area contributed by atoms with Gasteiger partial charge >= 0.3 is 0 Å². The Labute approximate surface area is 585 Å². The van der Waals surface area contributed by atoms with Crippen LogP contribution in [0.2, 0.25) is 0 Å². The average Bonchev–Trinajstić information content (AvgIpc) is 0.695. The molecule has 550 valence electrons. The molecular weight excluding hydrogens is 1340 g/mol. The highest BCUT2D eigenvalue weighted by Crippen LogP contribution is 2.55. The van der Waals surface area contributed by atoms with Crippen LogP contribution in [0, 0.1) is 0 Å². The molecule has 10 N–H and O–H groups in total. The summed E-state index contributed by atoms with van der Waals surface area (Å²) in [6.45, 7) is 13.1.